The minimum atomic E-state index is -0.00393. The van der Waals surface area contributed by atoms with Crippen molar-refractivity contribution in [2.75, 3.05) is 6.54 Å². The van der Waals surface area contributed by atoms with Gasteiger partial charge in [0.2, 0.25) is 0 Å². The molecule has 0 aromatic rings. The molecule has 3 unspecified atom stereocenters. The molecule has 1 saturated heterocycles. The molecule has 0 aromatic carbocycles. The molecule has 3 aliphatic rings. The van der Waals surface area contributed by atoms with Crippen LogP contribution in [0.4, 0.5) is 0 Å². The van der Waals surface area contributed by atoms with Crippen molar-refractivity contribution in [2.24, 2.45) is 5.92 Å². The Balaban J connectivity index is 1.67. The molecule has 2 saturated carbocycles. The van der Waals surface area contributed by atoms with Crippen molar-refractivity contribution in [3.8, 4) is 0 Å². The van der Waals surface area contributed by atoms with Crippen LogP contribution in [0.1, 0.15) is 64.2 Å². The third-order valence-electron chi connectivity index (χ3n) is 5.41. The minimum absolute atomic E-state index is 0.00393. The van der Waals surface area contributed by atoms with Crippen molar-refractivity contribution in [1.29, 1.82) is 0 Å². The first-order chi connectivity index (χ1) is 8.36. The lowest BCUT2D eigenvalue weighted by molar-refractivity contribution is 0.0111. The van der Waals surface area contributed by atoms with Gasteiger partial charge in [-0.3, -0.25) is 4.90 Å². The molecular weight excluding hydrogens is 210 g/mol. The van der Waals surface area contributed by atoms with Crippen LogP contribution in [-0.2, 0) is 0 Å². The Morgan fingerprint density at radius 1 is 0.765 bits per heavy atom. The second-order valence-electron chi connectivity index (χ2n) is 6.40. The Morgan fingerprint density at radius 3 is 2.24 bits per heavy atom. The molecule has 2 aliphatic carbocycles. The van der Waals surface area contributed by atoms with Crippen LogP contribution in [0.25, 0.3) is 0 Å². The van der Waals surface area contributed by atoms with Crippen LogP contribution in [0, 0.1) is 5.92 Å². The quantitative estimate of drug-likeness (QED) is 0.798. The smallest absolute Gasteiger partial charge is 0.0583 e. The Morgan fingerprint density at radius 2 is 1.47 bits per heavy atom. The first-order valence-corrected chi connectivity index (χ1v) is 7.80. The highest BCUT2D eigenvalue weighted by molar-refractivity contribution is 4.94. The lowest BCUT2D eigenvalue weighted by Gasteiger charge is -2.39. The van der Waals surface area contributed by atoms with Gasteiger partial charge in [0.15, 0.2) is 0 Å². The van der Waals surface area contributed by atoms with E-state index < -0.39 is 0 Å². The largest absolute Gasteiger partial charge is 0.393 e. The normalized spacial score (nSPS) is 41.1. The monoisotopic (exact) mass is 237 g/mol. The topological polar surface area (TPSA) is 23.5 Å². The van der Waals surface area contributed by atoms with Crippen molar-refractivity contribution >= 4 is 0 Å². The second kappa shape index (κ2) is 5.27. The van der Waals surface area contributed by atoms with Crippen molar-refractivity contribution < 1.29 is 5.11 Å². The molecule has 0 spiro atoms. The highest BCUT2D eigenvalue weighted by Crippen LogP contribution is 2.38. The van der Waals surface area contributed by atoms with Crippen LogP contribution in [-0.4, -0.2) is 34.7 Å². The van der Waals surface area contributed by atoms with Gasteiger partial charge in [0, 0.05) is 18.0 Å². The van der Waals surface area contributed by atoms with Crippen molar-refractivity contribution in [3.05, 3.63) is 0 Å². The highest BCUT2D eigenvalue weighted by Gasteiger charge is 2.39. The van der Waals surface area contributed by atoms with Crippen molar-refractivity contribution in [1.82, 2.24) is 4.90 Å². The molecule has 1 N–H and O–H groups in total. The van der Waals surface area contributed by atoms with E-state index in [1.54, 1.807) is 0 Å². The molecule has 0 bridgehead atoms. The number of aliphatic hydroxyl groups is 1. The summed E-state index contributed by atoms with van der Waals surface area (Å²) in [5, 5.41) is 10.3. The van der Waals surface area contributed by atoms with Crippen LogP contribution < -0.4 is 0 Å². The molecule has 2 nitrogen and oxygen atoms in total. The zero-order valence-electron chi connectivity index (χ0n) is 11.0. The van der Waals surface area contributed by atoms with Crippen molar-refractivity contribution in [2.45, 2.75) is 82.4 Å². The third-order valence-corrected chi connectivity index (χ3v) is 5.41. The van der Waals surface area contributed by atoms with Gasteiger partial charge in [-0.15, -0.1) is 0 Å². The molecule has 3 rings (SSSR count). The van der Waals surface area contributed by atoms with E-state index in [2.05, 4.69) is 4.90 Å². The summed E-state index contributed by atoms with van der Waals surface area (Å²) in [7, 11) is 0. The van der Waals surface area contributed by atoms with E-state index in [9.17, 15) is 5.11 Å². The van der Waals surface area contributed by atoms with Crippen LogP contribution in [0.5, 0.6) is 0 Å². The molecule has 0 radical (unpaired) electrons. The fourth-order valence-electron chi connectivity index (χ4n) is 4.55. The zero-order valence-corrected chi connectivity index (χ0v) is 11.0. The van der Waals surface area contributed by atoms with Crippen LogP contribution >= 0.6 is 0 Å². The van der Waals surface area contributed by atoms with Gasteiger partial charge in [-0.05, 0) is 45.1 Å². The summed E-state index contributed by atoms with van der Waals surface area (Å²) in [6.07, 6.45) is 13.3. The molecule has 0 aromatic heterocycles. The summed E-state index contributed by atoms with van der Waals surface area (Å²) in [6.45, 7) is 1.30. The van der Waals surface area contributed by atoms with Gasteiger partial charge in [-0.25, -0.2) is 0 Å². The van der Waals surface area contributed by atoms with Gasteiger partial charge < -0.3 is 5.11 Å². The fraction of sp³-hybridized carbons (Fsp3) is 1.00. The SMILES string of the molecule is OC1CCCCC1C1CCCN1C1CCCC1. The standard InChI is InChI=1S/C15H27NO/c17-15-10-4-3-8-13(15)14-9-5-11-16(14)12-6-1-2-7-12/h12-15,17H,1-11H2. The number of rotatable bonds is 2. The highest BCUT2D eigenvalue weighted by atomic mass is 16.3. The first-order valence-electron chi connectivity index (χ1n) is 7.80. The molecule has 0 amide bonds. The first kappa shape index (κ1) is 12.0. The predicted octanol–water partition coefficient (Wildman–Crippen LogP) is 2.94. The zero-order chi connectivity index (χ0) is 11.7. The maximum atomic E-state index is 10.3. The van der Waals surface area contributed by atoms with Crippen LogP contribution in [0.3, 0.4) is 0 Å². The average Bonchev–Trinajstić information content (AvgIpc) is 3.00. The van der Waals surface area contributed by atoms with E-state index in [1.165, 1.54) is 64.3 Å². The summed E-state index contributed by atoms with van der Waals surface area (Å²) >= 11 is 0. The van der Waals surface area contributed by atoms with Gasteiger partial charge in [-0.2, -0.15) is 0 Å². The summed E-state index contributed by atoms with van der Waals surface area (Å²) in [5.74, 6) is 0.590. The summed E-state index contributed by atoms with van der Waals surface area (Å²) in [4.78, 5) is 2.78. The fourth-order valence-corrected chi connectivity index (χ4v) is 4.55. The molecule has 17 heavy (non-hydrogen) atoms. The Kier molecular flexibility index (Phi) is 3.72. The van der Waals surface area contributed by atoms with E-state index >= 15 is 0 Å². The number of aliphatic hydroxyl groups excluding tert-OH is 1. The van der Waals surface area contributed by atoms with E-state index in [1.807, 2.05) is 0 Å². The van der Waals surface area contributed by atoms with Crippen LogP contribution in [0.2, 0.25) is 0 Å². The molecule has 1 aliphatic heterocycles. The Bertz CT molecular complexity index is 249. The molecule has 2 heteroatoms. The Hall–Kier alpha value is -0.0800. The van der Waals surface area contributed by atoms with Gasteiger partial charge in [-0.1, -0.05) is 25.7 Å². The molecular formula is C15H27NO. The van der Waals surface area contributed by atoms with Gasteiger partial charge in [0.1, 0.15) is 0 Å². The van der Waals surface area contributed by atoms with Crippen LogP contribution in [0.15, 0.2) is 0 Å². The Labute approximate surface area is 105 Å². The summed E-state index contributed by atoms with van der Waals surface area (Å²) in [5.41, 5.74) is 0. The maximum Gasteiger partial charge on any atom is 0.0583 e. The van der Waals surface area contributed by atoms with E-state index in [0.29, 0.717) is 12.0 Å². The number of nitrogens with zero attached hydrogens (tertiary/aromatic N) is 1. The lowest BCUT2D eigenvalue weighted by atomic mass is 9.80. The lowest BCUT2D eigenvalue weighted by Crippen LogP contribution is -2.46. The maximum absolute atomic E-state index is 10.3. The van der Waals surface area contributed by atoms with Gasteiger partial charge in [0.05, 0.1) is 6.10 Å². The number of likely N-dealkylation sites (tertiary alicyclic amines) is 1. The summed E-state index contributed by atoms with van der Waals surface area (Å²) in [6, 6.07) is 1.57. The van der Waals surface area contributed by atoms with E-state index in [0.717, 1.165) is 12.5 Å². The number of hydrogen-bond acceptors (Lipinski definition) is 2. The average molecular weight is 237 g/mol. The van der Waals surface area contributed by atoms with Gasteiger partial charge in [0.25, 0.3) is 0 Å². The second-order valence-corrected chi connectivity index (χ2v) is 6.40. The van der Waals surface area contributed by atoms with Gasteiger partial charge >= 0.3 is 0 Å². The van der Waals surface area contributed by atoms with Crippen molar-refractivity contribution in [3.63, 3.8) is 0 Å². The number of hydrogen-bond donors (Lipinski definition) is 1. The third kappa shape index (κ3) is 2.39. The van der Waals surface area contributed by atoms with E-state index in [4.69, 9.17) is 0 Å². The molecule has 1 heterocycles. The predicted molar refractivity (Wildman–Crippen MR) is 69.9 cm³/mol. The summed E-state index contributed by atoms with van der Waals surface area (Å²) < 4.78 is 0. The minimum Gasteiger partial charge on any atom is -0.393 e. The van der Waals surface area contributed by atoms with E-state index in [-0.39, 0.29) is 6.10 Å². The molecule has 98 valence electrons. The molecule has 3 atom stereocenters. The molecule has 3 fully saturated rings.